The second-order valence-electron chi connectivity index (χ2n) is 4.20. The average Bonchev–Trinajstić information content (AvgIpc) is 2.34. The first-order valence-electron chi connectivity index (χ1n) is 5.60. The third kappa shape index (κ3) is 3.00. The van der Waals surface area contributed by atoms with Crippen molar-refractivity contribution < 1.29 is 4.39 Å². The fraction of sp³-hybridized carbons (Fsp3) is 0.125. The van der Waals surface area contributed by atoms with E-state index in [2.05, 4.69) is 27.8 Å². The average molecular weight is 303 g/mol. The van der Waals surface area contributed by atoms with Crippen molar-refractivity contribution in [3.05, 3.63) is 68.9 Å². The van der Waals surface area contributed by atoms with Gasteiger partial charge >= 0.3 is 0 Å². The van der Waals surface area contributed by atoms with Crippen molar-refractivity contribution in [3.63, 3.8) is 0 Å². The zero-order valence-electron chi connectivity index (χ0n) is 10.2. The molecule has 0 bridgehead atoms. The van der Waals surface area contributed by atoms with Crippen molar-refractivity contribution in [1.29, 1.82) is 0 Å². The first-order chi connectivity index (χ1) is 8.56. The van der Waals surface area contributed by atoms with Gasteiger partial charge in [-0.1, -0.05) is 29.5 Å². The normalized spacial score (nSPS) is 9.78. The van der Waals surface area contributed by atoms with Crippen molar-refractivity contribution >= 4 is 15.9 Å². The Labute approximate surface area is 115 Å². The first kappa shape index (κ1) is 12.9. The Bertz CT molecular complexity index is 631. The fourth-order valence-electron chi connectivity index (χ4n) is 1.56. The Morgan fingerprint density at radius 3 is 2.33 bits per heavy atom. The van der Waals surface area contributed by atoms with E-state index in [4.69, 9.17) is 0 Å². The maximum Gasteiger partial charge on any atom is 0.138 e. The zero-order valence-corrected chi connectivity index (χ0v) is 11.8. The summed E-state index contributed by atoms with van der Waals surface area (Å²) in [6.45, 7) is 3.95. The lowest BCUT2D eigenvalue weighted by atomic mass is 10.1. The van der Waals surface area contributed by atoms with Crippen LogP contribution in [0.2, 0.25) is 0 Å². The second-order valence-corrected chi connectivity index (χ2v) is 5.05. The highest BCUT2D eigenvalue weighted by Crippen LogP contribution is 2.19. The van der Waals surface area contributed by atoms with E-state index < -0.39 is 0 Å². The molecule has 2 aromatic carbocycles. The standard InChI is InChI=1S/C16H12BrF/c1-11-3-5-13(6-4-11)7-8-14-10-16(18)15(17)9-12(14)2/h3-6,9-10H,1-2H3. The number of halogens is 2. The highest BCUT2D eigenvalue weighted by Gasteiger charge is 2.02. The quantitative estimate of drug-likeness (QED) is 0.624. The van der Waals surface area contributed by atoms with Crippen LogP contribution in [0.25, 0.3) is 0 Å². The molecule has 0 heterocycles. The van der Waals surface area contributed by atoms with Crippen LogP contribution in [0.1, 0.15) is 22.3 Å². The zero-order chi connectivity index (χ0) is 13.1. The van der Waals surface area contributed by atoms with E-state index in [1.165, 1.54) is 11.6 Å². The predicted molar refractivity (Wildman–Crippen MR) is 76.0 cm³/mol. The molecule has 90 valence electrons. The lowest BCUT2D eigenvalue weighted by molar-refractivity contribution is 0.620. The van der Waals surface area contributed by atoms with Gasteiger partial charge in [-0.05, 0) is 59.6 Å². The summed E-state index contributed by atoms with van der Waals surface area (Å²) in [6.07, 6.45) is 0. The van der Waals surface area contributed by atoms with Gasteiger partial charge in [-0.2, -0.15) is 0 Å². The number of rotatable bonds is 0. The minimum Gasteiger partial charge on any atom is -0.206 e. The topological polar surface area (TPSA) is 0 Å². The van der Waals surface area contributed by atoms with E-state index in [0.717, 1.165) is 16.7 Å². The largest absolute Gasteiger partial charge is 0.206 e. The van der Waals surface area contributed by atoms with Gasteiger partial charge in [0, 0.05) is 11.1 Å². The summed E-state index contributed by atoms with van der Waals surface area (Å²) in [5, 5.41) is 0. The Morgan fingerprint density at radius 1 is 1.00 bits per heavy atom. The Morgan fingerprint density at radius 2 is 1.67 bits per heavy atom. The molecule has 0 atom stereocenters. The summed E-state index contributed by atoms with van der Waals surface area (Å²) in [5.41, 5.74) is 3.81. The smallest absolute Gasteiger partial charge is 0.138 e. The van der Waals surface area contributed by atoms with E-state index >= 15 is 0 Å². The number of benzene rings is 2. The second kappa shape index (κ2) is 5.37. The molecule has 0 saturated heterocycles. The van der Waals surface area contributed by atoms with Gasteiger partial charge in [-0.3, -0.25) is 0 Å². The molecular formula is C16H12BrF. The predicted octanol–water partition coefficient (Wildman–Crippen LogP) is 4.60. The van der Waals surface area contributed by atoms with E-state index in [0.29, 0.717) is 4.47 Å². The van der Waals surface area contributed by atoms with Crippen molar-refractivity contribution in [2.45, 2.75) is 13.8 Å². The van der Waals surface area contributed by atoms with Gasteiger partial charge in [0.1, 0.15) is 5.82 Å². The van der Waals surface area contributed by atoms with Crippen LogP contribution >= 0.6 is 15.9 Å². The molecule has 0 saturated carbocycles. The Balaban J connectivity index is 2.35. The van der Waals surface area contributed by atoms with Crippen LogP contribution in [0.3, 0.4) is 0 Å². The summed E-state index contributed by atoms with van der Waals surface area (Å²) in [6, 6.07) is 11.2. The summed E-state index contributed by atoms with van der Waals surface area (Å²) in [5.74, 6) is 5.77. The van der Waals surface area contributed by atoms with Gasteiger partial charge in [0.2, 0.25) is 0 Å². The highest BCUT2D eigenvalue weighted by atomic mass is 79.9. The van der Waals surface area contributed by atoms with Gasteiger partial charge in [-0.15, -0.1) is 0 Å². The third-order valence-corrected chi connectivity index (χ3v) is 3.27. The molecular weight excluding hydrogens is 291 g/mol. The van der Waals surface area contributed by atoms with Crippen LogP contribution in [0.15, 0.2) is 40.9 Å². The third-order valence-electron chi connectivity index (χ3n) is 2.66. The molecule has 0 radical (unpaired) electrons. The molecule has 18 heavy (non-hydrogen) atoms. The van der Waals surface area contributed by atoms with Gasteiger partial charge in [0.15, 0.2) is 0 Å². The van der Waals surface area contributed by atoms with Crippen LogP contribution in [0.4, 0.5) is 4.39 Å². The van der Waals surface area contributed by atoms with Gasteiger partial charge in [0.25, 0.3) is 0 Å². The molecule has 2 rings (SSSR count). The molecule has 0 nitrogen and oxygen atoms in total. The maximum absolute atomic E-state index is 13.4. The van der Waals surface area contributed by atoms with Gasteiger partial charge < -0.3 is 0 Å². The van der Waals surface area contributed by atoms with Crippen molar-refractivity contribution in [3.8, 4) is 11.8 Å². The van der Waals surface area contributed by atoms with E-state index in [9.17, 15) is 4.39 Å². The van der Waals surface area contributed by atoms with E-state index in [1.807, 2.05) is 38.1 Å². The SMILES string of the molecule is Cc1ccc(C#Cc2cc(F)c(Br)cc2C)cc1. The van der Waals surface area contributed by atoms with Crippen molar-refractivity contribution in [2.75, 3.05) is 0 Å². The lowest BCUT2D eigenvalue weighted by Crippen LogP contribution is -1.87. The monoisotopic (exact) mass is 302 g/mol. The molecule has 0 fully saturated rings. The van der Waals surface area contributed by atoms with Crippen LogP contribution in [-0.2, 0) is 0 Å². The summed E-state index contributed by atoms with van der Waals surface area (Å²) in [7, 11) is 0. The molecule has 0 N–H and O–H groups in total. The first-order valence-corrected chi connectivity index (χ1v) is 6.40. The molecule has 0 unspecified atom stereocenters. The van der Waals surface area contributed by atoms with Crippen LogP contribution in [-0.4, -0.2) is 0 Å². The number of aryl methyl sites for hydroxylation is 2. The van der Waals surface area contributed by atoms with E-state index in [1.54, 1.807) is 6.07 Å². The maximum atomic E-state index is 13.4. The number of hydrogen-bond donors (Lipinski definition) is 0. The molecule has 2 heteroatoms. The molecule has 0 amide bonds. The molecule has 0 aliphatic heterocycles. The molecule has 0 spiro atoms. The van der Waals surface area contributed by atoms with Crippen molar-refractivity contribution in [2.24, 2.45) is 0 Å². The van der Waals surface area contributed by atoms with Crippen molar-refractivity contribution in [1.82, 2.24) is 0 Å². The highest BCUT2D eigenvalue weighted by molar-refractivity contribution is 9.10. The Hall–Kier alpha value is -1.59. The molecule has 2 aromatic rings. The lowest BCUT2D eigenvalue weighted by Gasteiger charge is -2.00. The summed E-state index contributed by atoms with van der Waals surface area (Å²) in [4.78, 5) is 0. The minimum atomic E-state index is -0.284. The Kier molecular flexibility index (Phi) is 3.84. The fourth-order valence-corrected chi connectivity index (χ4v) is 2.02. The molecule has 0 aromatic heterocycles. The molecule has 0 aliphatic carbocycles. The number of hydrogen-bond acceptors (Lipinski definition) is 0. The van der Waals surface area contributed by atoms with E-state index in [-0.39, 0.29) is 5.82 Å². The van der Waals surface area contributed by atoms with Gasteiger partial charge in [0.05, 0.1) is 4.47 Å². The van der Waals surface area contributed by atoms with Crippen LogP contribution in [0.5, 0.6) is 0 Å². The molecule has 0 aliphatic rings. The minimum absolute atomic E-state index is 0.284. The summed E-state index contributed by atoms with van der Waals surface area (Å²) >= 11 is 3.16. The summed E-state index contributed by atoms with van der Waals surface area (Å²) < 4.78 is 13.9. The van der Waals surface area contributed by atoms with Crippen LogP contribution < -0.4 is 0 Å². The van der Waals surface area contributed by atoms with Crippen LogP contribution in [0, 0.1) is 31.5 Å². The van der Waals surface area contributed by atoms with Gasteiger partial charge in [-0.25, -0.2) is 4.39 Å².